The van der Waals surface area contributed by atoms with Crippen LogP contribution in [0, 0.1) is 0 Å². The van der Waals surface area contributed by atoms with Crippen molar-refractivity contribution in [3.8, 4) is 0 Å². The molecule has 0 radical (unpaired) electrons. The average molecular weight is 161 g/mol. The minimum atomic E-state index is -0.863. The van der Waals surface area contributed by atoms with E-state index in [2.05, 4.69) is 15.2 Å². The first-order valence-corrected chi connectivity index (χ1v) is 3.22. The van der Waals surface area contributed by atoms with Crippen molar-refractivity contribution in [2.45, 2.75) is 19.4 Å². The number of primary amides is 1. The molecule has 0 aromatic heterocycles. The second-order valence-corrected chi connectivity index (χ2v) is 1.89. The maximum atomic E-state index is 10.1. The van der Waals surface area contributed by atoms with Gasteiger partial charge in [-0.25, -0.2) is 4.79 Å². The van der Waals surface area contributed by atoms with E-state index in [4.69, 9.17) is 0 Å². The summed E-state index contributed by atoms with van der Waals surface area (Å²) in [6, 6.07) is 0. The van der Waals surface area contributed by atoms with Gasteiger partial charge in [0.15, 0.2) is 0 Å². The van der Waals surface area contributed by atoms with Gasteiger partial charge in [-0.2, -0.15) is 0 Å². The molecule has 64 valence electrons. The van der Waals surface area contributed by atoms with Crippen molar-refractivity contribution in [1.82, 2.24) is 0 Å². The van der Waals surface area contributed by atoms with E-state index < -0.39 is 6.09 Å². The minimum absolute atomic E-state index is 0.0184. The zero-order valence-corrected chi connectivity index (χ0v) is 6.28. The molecule has 1 atom stereocenters. The molecule has 0 aromatic carbocycles. The Morgan fingerprint density at radius 2 is 2.36 bits per heavy atom. The molecule has 0 saturated heterocycles. The topological polar surface area (TPSA) is 78.6 Å². The Kier molecular flexibility index (Phi) is 4.89. The number of hydrogen-bond donors (Lipinski definition) is 1. The van der Waals surface area contributed by atoms with E-state index >= 15 is 0 Å². The van der Waals surface area contributed by atoms with Gasteiger partial charge in [-0.15, -0.1) is 0 Å². The quantitative estimate of drug-likeness (QED) is 0.577. The van der Waals surface area contributed by atoms with Crippen molar-refractivity contribution in [2.75, 3.05) is 6.61 Å². The predicted molar refractivity (Wildman–Crippen MR) is 36.8 cm³/mol. The Bertz CT molecular complexity index is 137. The summed E-state index contributed by atoms with van der Waals surface area (Å²) >= 11 is 0. The monoisotopic (exact) mass is 161 g/mol. The van der Waals surface area contributed by atoms with Crippen LogP contribution in [0.1, 0.15) is 13.3 Å². The zero-order chi connectivity index (χ0) is 8.69. The summed E-state index contributed by atoms with van der Waals surface area (Å²) in [6.07, 6.45) is -0.663. The number of ether oxygens (including phenoxy) is 2. The van der Waals surface area contributed by atoms with Crippen LogP contribution < -0.4 is 5.73 Å². The van der Waals surface area contributed by atoms with Crippen LogP contribution in [0.25, 0.3) is 0 Å². The number of nitrogens with two attached hydrogens (primary N) is 1. The first kappa shape index (κ1) is 9.74. The number of amides is 1. The van der Waals surface area contributed by atoms with Gasteiger partial charge >= 0.3 is 6.09 Å². The van der Waals surface area contributed by atoms with Gasteiger partial charge in [0, 0.05) is 0 Å². The predicted octanol–water partition coefficient (Wildman–Crippen LogP) is 0.0333. The lowest BCUT2D eigenvalue weighted by molar-refractivity contribution is -0.135. The van der Waals surface area contributed by atoms with Crippen LogP contribution in [0.4, 0.5) is 4.79 Å². The number of hydrogen-bond acceptors (Lipinski definition) is 4. The van der Waals surface area contributed by atoms with E-state index in [0.29, 0.717) is 12.9 Å². The molecule has 0 aliphatic heterocycles. The van der Waals surface area contributed by atoms with E-state index in [0.717, 1.165) is 0 Å². The molecular weight excluding hydrogens is 150 g/mol. The highest BCUT2D eigenvalue weighted by molar-refractivity contribution is 5.64. The molecule has 0 aromatic rings. The highest BCUT2D eigenvalue weighted by Crippen LogP contribution is 1.96. The van der Waals surface area contributed by atoms with Crippen molar-refractivity contribution >= 4 is 12.6 Å². The van der Waals surface area contributed by atoms with Gasteiger partial charge in [0.25, 0.3) is 6.47 Å². The molecule has 0 spiro atoms. The maximum Gasteiger partial charge on any atom is 0.404 e. The molecule has 0 saturated carbocycles. The van der Waals surface area contributed by atoms with Crippen LogP contribution in [0.2, 0.25) is 0 Å². The first-order valence-electron chi connectivity index (χ1n) is 3.22. The second kappa shape index (κ2) is 5.52. The standard InChI is InChI=1S/C6H11NO4/c1-2-5(11-4-8)3-10-6(7)9/h4-5H,2-3H2,1H3,(H2,7,9). The fourth-order valence-corrected chi connectivity index (χ4v) is 0.507. The van der Waals surface area contributed by atoms with E-state index in [1.165, 1.54) is 0 Å². The minimum Gasteiger partial charge on any atom is -0.461 e. The smallest absolute Gasteiger partial charge is 0.404 e. The molecule has 0 bridgehead atoms. The van der Waals surface area contributed by atoms with Gasteiger partial charge in [0.2, 0.25) is 0 Å². The van der Waals surface area contributed by atoms with E-state index in [9.17, 15) is 9.59 Å². The number of rotatable bonds is 5. The van der Waals surface area contributed by atoms with E-state index in [1.54, 1.807) is 6.92 Å². The average Bonchev–Trinajstić information content (AvgIpc) is 1.97. The Morgan fingerprint density at radius 3 is 2.73 bits per heavy atom. The summed E-state index contributed by atoms with van der Waals surface area (Å²) in [6.45, 7) is 2.14. The summed E-state index contributed by atoms with van der Waals surface area (Å²) in [7, 11) is 0. The summed E-state index contributed by atoms with van der Waals surface area (Å²) in [5.74, 6) is 0. The van der Waals surface area contributed by atoms with Gasteiger partial charge in [-0.05, 0) is 6.42 Å². The third-order valence-electron chi connectivity index (χ3n) is 1.11. The van der Waals surface area contributed by atoms with Crippen LogP contribution in [0.3, 0.4) is 0 Å². The van der Waals surface area contributed by atoms with Crippen LogP contribution in [-0.4, -0.2) is 25.3 Å². The summed E-state index contributed by atoms with van der Waals surface area (Å²) in [4.78, 5) is 19.9. The SMILES string of the molecule is CCC(COC(N)=O)OC=O. The molecule has 0 aliphatic rings. The number of carbonyl (C=O) groups is 2. The number of carbonyl (C=O) groups excluding carboxylic acids is 2. The molecule has 11 heavy (non-hydrogen) atoms. The summed E-state index contributed by atoms with van der Waals surface area (Å²) in [5.41, 5.74) is 4.69. The van der Waals surface area contributed by atoms with Crippen molar-refractivity contribution in [3.63, 3.8) is 0 Å². The van der Waals surface area contributed by atoms with Crippen molar-refractivity contribution in [3.05, 3.63) is 0 Å². The van der Waals surface area contributed by atoms with Crippen molar-refractivity contribution in [1.29, 1.82) is 0 Å². The van der Waals surface area contributed by atoms with Gasteiger partial charge in [0.1, 0.15) is 12.7 Å². The molecule has 1 unspecified atom stereocenters. The maximum absolute atomic E-state index is 10.1. The van der Waals surface area contributed by atoms with E-state index in [1.807, 2.05) is 0 Å². The Balaban J connectivity index is 3.51. The van der Waals surface area contributed by atoms with Crippen LogP contribution in [0.5, 0.6) is 0 Å². The molecule has 1 amide bonds. The fourth-order valence-electron chi connectivity index (χ4n) is 0.507. The molecule has 0 fully saturated rings. The molecule has 5 nitrogen and oxygen atoms in total. The van der Waals surface area contributed by atoms with Crippen LogP contribution in [0.15, 0.2) is 0 Å². The highest BCUT2D eigenvalue weighted by atomic mass is 16.6. The van der Waals surface area contributed by atoms with Gasteiger partial charge in [-0.3, -0.25) is 4.79 Å². The van der Waals surface area contributed by atoms with Crippen molar-refractivity contribution < 1.29 is 19.1 Å². The van der Waals surface area contributed by atoms with Gasteiger partial charge < -0.3 is 15.2 Å². The third kappa shape index (κ3) is 5.20. The van der Waals surface area contributed by atoms with Crippen LogP contribution >= 0.6 is 0 Å². The largest absolute Gasteiger partial charge is 0.461 e. The van der Waals surface area contributed by atoms with Gasteiger partial charge in [-0.1, -0.05) is 6.92 Å². The fraction of sp³-hybridized carbons (Fsp3) is 0.667. The van der Waals surface area contributed by atoms with Gasteiger partial charge in [0.05, 0.1) is 0 Å². The lowest BCUT2D eigenvalue weighted by Gasteiger charge is -2.11. The molecule has 5 heteroatoms. The molecule has 0 aliphatic carbocycles. The third-order valence-corrected chi connectivity index (χ3v) is 1.11. The Hall–Kier alpha value is -1.26. The first-order chi connectivity index (χ1) is 5.20. The second-order valence-electron chi connectivity index (χ2n) is 1.89. The zero-order valence-electron chi connectivity index (χ0n) is 6.28. The normalized spacial score (nSPS) is 11.7. The Morgan fingerprint density at radius 1 is 1.73 bits per heavy atom. The lowest BCUT2D eigenvalue weighted by Crippen LogP contribution is -2.23. The van der Waals surface area contributed by atoms with Crippen LogP contribution in [-0.2, 0) is 14.3 Å². The molecule has 0 heterocycles. The molecular formula is C6H11NO4. The summed E-state index contributed by atoms with van der Waals surface area (Å²) in [5, 5.41) is 0. The van der Waals surface area contributed by atoms with E-state index in [-0.39, 0.29) is 12.7 Å². The molecule has 2 N–H and O–H groups in total. The summed E-state index contributed by atoms with van der Waals surface area (Å²) < 4.78 is 8.93. The molecule has 0 rings (SSSR count). The lowest BCUT2D eigenvalue weighted by atomic mass is 10.3. The highest BCUT2D eigenvalue weighted by Gasteiger charge is 2.07. The Labute approximate surface area is 64.5 Å². The van der Waals surface area contributed by atoms with Crippen molar-refractivity contribution in [2.24, 2.45) is 5.73 Å².